The predicted octanol–water partition coefficient (Wildman–Crippen LogP) is 5.95. The van der Waals surface area contributed by atoms with Gasteiger partial charge in [-0.05, 0) is 48.9 Å². The maximum Gasteiger partial charge on any atom is 0.277 e. The lowest BCUT2D eigenvalue weighted by atomic mass is 10.2. The van der Waals surface area contributed by atoms with Gasteiger partial charge in [0.15, 0.2) is 6.10 Å². The largest absolute Gasteiger partial charge is 0.481 e. The standard InChI is InChI=1S/C17H13Cl2FN2O2S/c1-10(23-13-5-3-12(20)4-6-13)16-21-22-17(24-16)25-9-11-2-7-14(18)15(19)8-11/h2-8,10H,9H2,1H3/t10-/m0/s1. The maximum absolute atomic E-state index is 12.9. The van der Waals surface area contributed by atoms with Crippen molar-refractivity contribution < 1.29 is 13.5 Å². The van der Waals surface area contributed by atoms with Crippen molar-refractivity contribution in [3.8, 4) is 5.75 Å². The molecule has 1 aromatic heterocycles. The summed E-state index contributed by atoms with van der Waals surface area (Å²) < 4.78 is 24.2. The van der Waals surface area contributed by atoms with Gasteiger partial charge in [0.2, 0.25) is 0 Å². The van der Waals surface area contributed by atoms with E-state index in [4.69, 9.17) is 32.4 Å². The molecule has 0 radical (unpaired) electrons. The quantitative estimate of drug-likeness (QED) is 0.480. The predicted molar refractivity (Wildman–Crippen MR) is 95.8 cm³/mol. The van der Waals surface area contributed by atoms with Crippen molar-refractivity contribution in [2.24, 2.45) is 0 Å². The van der Waals surface area contributed by atoms with Crippen LogP contribution in [-0.2, 0) is 5.75 Å². The highest BCUT2D eigenvalue weighted by Gasteiger charge is 2.16. The number of hydrogen-bond acceptors (Lipinski definition) is 5. The van der Waals surface area contributed by atoms with Crippen molar-refractivity contribution in [3.05, 3.63) is 69.8 Å². The summed E-state index contributed by atoms with van der Waals surface area (Å²) in [6.07, 6.45) is -0.447. The molecular formula is C17H13Cl2FN2O2S. The average Bonchev–Trinajstić information content (AvgIpc) is 3.07. The molecule has 4 nitrogen and oxygen atoms in total. The molecule has 0 bridgehead atoms. The Morgan fingerprint density at radius 3 is 2.60 bits per heavy atom. The Bertz CT molecular complexity index is 858. The second-order valence-corrected chi connectivity index (χ2v) is 6.90. The molecule has 8 heteroatoms. The minimum atomic E-state index is -0.447. The van der Waals surface area contributed by atoms with Crippen LogP contribution in [0.5, 0.6) is 5.75 Å². The highest BCUT2D eigenvalue weighted by atomic mass is 35.5. The van der Waals surface area contributed by atoms with E-state index in [9.17, 15) is 4.39 Å². The summed E-state index contributed by atoms with van der Waals surface area (Å²) in [5, 5.41) is 9.43. The maximum atomic E-state index is 12.9. The highest BCUT2D eigenvalue weighted by Crippen LogP contribution is 2.28. The molecule has 0 amide bonds. The van der Waals surface area contributed by atoms with Gasteiger partial charge in [0, 0.05) is 5.75 Å². The molecule has 0 saturated carbocycles. The van der Waals surface area contributed by atoms with Crippen molar-refractivity contribution in [2.75, 3.05) is 0 Å². The molecule has 130 valence electrons. The van der Waals surface area contributed by atoms with E-state index in [-0.39, 0.29) is 5.82 Å². The average molecular weight is 399 g/mol. The third-order valence-electron chi connectivity index (χ3n) is 3.24. The van der Waals surface area contributed by atoms with Crippen LogP contribution >= 0.6 is 35.0 Å². The Balaban J connectivity index is 1.59. The van der Waals surface area contributed by atoms with Crippen molar-refractivity contribution in [3.63, 3.8) is 0 Å². The van der Waals surface area contributed by atoms with Crippen LogP contribution in [0.25, 0.3) is 0 Å². The zero-order valence-electron chi connectivity index (χ0n) is 13.1. The van der Waals surface area contributed by atoms with Crippen molar-refractivity contribution in [1.29, 1.82) is 0 Å². The molecule has 2 aromatic carbocycles. The SMILES string of the molecule is C[C@H](Oc1ccc(F)cc1)c1nnc(SCc2ccc(Cl)c(Cl)c2)o1. The van der Waals surface area contributed by atoms with E-state index in [0.29, 0.717) is 32.7 Å². The number of hydrogen-bond donors (Lipinski definition) is 0. The van der Waals surface area contributed by atoms with Gasteiger partial charge < -0.3 is 9.15 Å². The normalized spacial score (nSPS) is 12.2. The second kappa shape index (κ2) is 8.08. The van der Waals surface area contributed by atoms with Gasteiger partial charge in [-0.25, -0.2) is 4.39 Å². The molecule has 0 fully saturated rings. The van der Waals surface area contributed by atoms with Crippen LogP contribution in [0.15, 0.2) is 52.1 Å². The third-order valence-corrected chi connectivity index (χ3v) is 4.87. The van der Waals surface area contributed by atoms with Gasteiger partial charge in [0.05, 0.1) is 10.0 Å². The molecule has 0 unspecified atom stereocenters. The van der Waals surface area contributed by atoms with Crippen LogP contribution in [-0.4, -0.2) is 10.2 Å². The summed E-state index contributed by atoms with van der Waals surface area (Å²) in [5.41, 5.74) is 0.995. The topological polar surface area (TPSA) is 48.2 Å². The third kappa shape index (κ3) is 4.87. The summed E-state index contributed by atoms with van der Waals surface area (Å²) in [6.45, 7) is 1.78. The molecule has 3 aromatic rings. The van der Waals surface area contributed by atoms with Crippen LogP contribution in [0.4, 0.5) is 4.39 Å². The van der Waals surface area contributed by atoms with Crippen LogP contribution in [0.1, 0.15) is 24.5 Å². The fourth-order valence-electron chi connectivity index (χ4n) is 1.99. The summed E-state index contributed by atoms with van der Waals surface area (Å²) in [5.74, 6) is 1.17. The fourth-order valence-corrected chi connectivity index (χ4v) is 3.02. The summed E-state index contributed by atoms with van der Waals surface area (Å²) in [6, 6.07) is 11.2. The molecule has 0 spiro atoms. The smallest absolute Gasteiger partial charge is 0.277 e. The minimum Gasteiger partial charge on any atom is -0.481 e. The van der Waals surface area contributed by atoms with Crippen molar-refractivity contribution in [2.45, 2.75) is 24.0 Å². The van der Waals surface area contributed by atoms with E-state index in [1.807, 2.05) is 6.07 Å². The Morgan fingerprint density at radius 1 is 1.12 bits per heavy atom. The number of rotatable bonds is 6. The molecule has 0 aliphatic heterocycles. The number of thioether (sulfide) groups is 1. The second-order valence-electron chi connectivity index (χ2n) is 5.16. The van der Waals surface area contributed by atoms with Gasteiger partial charge in [-0.3, -0.25) is 0 Å². The first-order chi connectivity index (χ1) is 12.0. The van der Waals surface area contributed by atoms with E-state index in [1.165, 1.54) is 23.9 Å². The lowest BCUT2D eigenvalue weighted by molar-refractivity contribution is 0.181. The number of ether oxygens (including phenoxy) is 1. The number of nitrogens with zero attached hydrogens (tertiary/aromatic N) is 2. The Morgan fingerprint density at radius 2 is 1.88 bits per heavy atom. The first-order valence-electron chi connectivity index (χ1n) is 7.33. The lowest BCUT2D eigenvalue weighted by Gasteiger charge is -2.10. The molecule has 0 N–H and O–H groups in total. The zero-order chi connectivity index (χ0) is 17.8. The Labute approximate surface area is 158 Å². The van der Waals surface area contributed by atoms with Gasteiger partial charge >= 0.3 is 0 Å². The number of aromatic nitrogens is 2. The molecule has 1 heterocycles. The molecular weight excluding hydrogens is 386 g/mol. The van der Waals surface area contributed by atoms with Crippen LogP contribution in [0, 0.1) is 5.82 Å². The van der Waals surface area contributed by atoms with Crippen molar-refractivity contribution in [1.82, 2.24) is 10.2 Å². The molecule has 0 aliphatic carbocycles. The van der Waals surface area contributed by atoms with E-state index in [1.54, 1.807) is 31.2 Å². The summed E-state index contributed by atoms with van der Waals surface area (Å²) in [4.78, 5) is 0. The monoisotopic (exact) mass is 398 g/mol. The van der Waals surface area contributed by atoms with Crippen LogP contribution in [0.2, 0.25) is 10.0 Å². The Hall–Kier alpha value is -1.76. The van der Waals surface area contributed by atoms with E-state index in [2.05, 4.69) is 10.2 Å². The van der Waals surface area contributed by atoms with Gasteiger partial charge in [-0.15, -0.1) is 10.2 Å². The van der Waals surface area contributed by atoms with Crippen molar-refractivity contribution >= 4 is 35.0 Å². The summed E-state index contributed by atoms with van der Waals surface area (Å²) >= 11 is 13.3. The van der Waals surface area contributed by atoms with E-state index < -0.39 is 6.10 Å². The number of halogens is 3. The molecule has 0 saturated heterocycles. The zero-order valence-corrected chi connectivity index (χ0v) is 15.4. The highest BCUT2D eigenvalue weighted by molar-refractivity contribution is 7.98. The van der Waals surface area contributed by atoms with Gasteiger partial charge in [0.25, 0.3) is 11.1 Å². The van der Waals surface area contributed by atoms with Crippen LogP contribution < -0.4 is 4.74 Å². The minimum absolute atomic E-state index is 0.321. The number of benzene rings is 2. The molecule has 3 rings (SSSR count). The molecule has 25 heavy (non-hydrogen) atoms. The first kappa shape index (κ1) is 18.0. The fraction of sp³-hybridized carbons (Fsp3) is 0.176. The van der Waals surface area contributed by atoms with Gasteiger partial charge in [-0.2, -0.15) is 0 Å². The van der Waals surface area contributed by atoms with E-state index in [0.717, 1.165) is 5.56 Å². The first-order valence-corrected chi connectivity index (χ1v) is 9.08. The lowest BCUT2D eigenvalue weighted by Crippen LogP contribution is -2.03. The molecule has 0 aliphatic rings. The van der Waals surface area contributed by atoms with E-state index >= 15 is 0 Å². The van der Waals surface area contributed by atoms with Crippen LogP contribution in [0.3, 0.4) is 0 Å². The molecule has 1 atom stereocenters. The summed E-state index contributed by atoms with van der Waals surface area (Å²) in [7, 11) is 0. The Kier molecular flexibility index (Phi) is 5.83. The van der Waals surface area contributed by atoms with Gasteiger partial charge in [-0.1, -0.05) is 41.0 Å². The van der Waals surface area contributed by atoms with Gasteiger partial charge in [0.1, 0.15) is 11.6 Å².